The van der Waals surface area contributed by atoms with E-state index < -0.39 is 0 Å². The van der Waals surface area contributed by atoms with E-state index in [4.69, 9.17) is 0 Å². The van der Waals surface area contributed by atoms with E-state index in [1.807, 2.05) is 0 Å². The van der Waals surface area contributed by atoms with E-state index in [9.17, 15) is 0 Å². The van der Waals surface area contributed by atoms with E-state index in [1.165, 1.54) is 50.4 Å². The third-order valence-corrected chi connectivity index (χ3v) is 5.12. The van der Waals surface area contributed by atoms with Crippen LogP contribution in [0.4, 0.5) is 0 Å². The Morgan fingerprint density at radius 1 is 1.40 bits per heavy atom. The molecular weight excluding hydrogens is 204 g/mol. The van der Waals surface area contributed by atoms with Crippen molar-refractivity contribution in [2.45, 2.75) is 32.2 Å². The van der Waals surface area contributed by atoms with Gasteiger partial charge in [0, 0.05) is 18.3 Å². The molecular formula is C12H24N2S. The first-order valence-electron chi connectivity index (χ1n) is 6.18. The van der Waals surface area contributed by atoms with Crippen LogP contribution in [0.2, 0.25) is 0 Å². The van der Waals surface area contributed by atoms with Crippen LogP contribution in [0.1, 0.15) is 26.2 Å². The van der Waals surface area contributed by atoms with E-state index in [1.54, 1.807) is 0 Å². The fourth-order valence-corrected chi connectivity index (χ4v) is 4.09. The van der Waals surface area contributed by atoms with Crippen LogP contribution in [0.3, 0.4) is 0 Å². The number of nitrogens with one attached hydrogen (secondary N) is 1. The van der Waals surface area contributed by atoms with Gasteiger partial charge in [0.05, 0.1) is 0 Å². The Hall–Kier alpha value is 0.270. The van der Waals surface area contributed by atoms with Gasteiger partial charge in [0.25, 0.3) is 0 Å². The minimum Gasteiger partial charge on any atom is -0.317 e. The second-order valence-electron chi connectivity index (χ2n) is 5.49. The Bertz CT molecular complexity index is 196. The highest BCUT2D eigenvalue weighted by Crippen LogP contribution is 2.31. The molecule has 2 aliphatic heterocycles. The van der Waals surface area contributed by atoms with Crippen LogP contribution in [-0.4, -0.2) is 49.1 Å². The van der Waals surface area contributed by atoms with Crippen molar-refractivity contribution in [2.75, 3.05) is 38.2 Å². The highest BCUT2D eigenvalue weighted by atomic mass is 32.2. The maximum Gasteiger partial charge on any atom is 0.0191 e. The smallest absolute Gasteiger partial charge is 0.0191 e. The summed E-state index contributed by atoms with van der Waals surface area (Å²) in [5, 5.41) is 3.46. The number of hydrogen-bond donors (Lipinski definition) is 1. The van der Waals surface area contributed by atoms with Crippen LogP contribution in [0.5, 0.6) is 0 Å². The summed E-state index contributed by atoms with van der Waals surface area (Å²) in [6.07, 6.45) is 4.09. The van der Waals surface area contributed by atoms with Gasteiger partial charge in [-0.1, -0.05) is 6.92 Å². The normalized spacial score (nSPS) is 31.0. The van der Waals surface area contributed by atoms with Crippen LogP contribution >= 0.6 is 11.8 Å². The van der Waals surface area contributed by atoms with Gasteiger partial charge >= 0.3 is 0 Å². The predicted molar refractivity (Wildman–Crippen MR) is 68.6 cm³/mol. The molecule has 2 fully saturated rings. The van der Waals surface area contributed by atoms with Crippen molar-refractivity contribution in [1.82, 2.24) is 10.2 Å². The highest BCUT2D eigenvalue weighted by molar-refractivity contribution is 7.99. The zero-order chi connectivity index (χ0) is 10.7. The lowest BCUT2D eigenvalue weighted by Gasteiger charge is -2.39. The Balaban J connectivity index is 1.83. The van der Waals surface area contributed by atoms with Crippen LogP contribution in [0.25, 0.3) is 0 Å². The van der Waals surface area contributed by atoms with Crippen molar-refractivity contribution in [3.63, 3.8) is 0 Å². The molecule has 1 atom stereocenters. The number of hydrogen-bond acceptors (Lipinski definition) is 3. The summed E-state index contributed by atoms with van der Waals surface area (Å²) < 4.78 is 0. The summed E-state index contributed by atoms with van der Waals surface area (Å²) in [6, 6.07) is 0.849. The van der Waals surface area contributed by atoms with E-state index in [-0.39, 0.29) is 0 Å². The minimum absolute atomic E-state index is 0.563. The zero-order valence-corrected chi connectivity index (χ0v) is 10.9. The summed E-state index contributed by atoms with van der Waals surface area (Å²) in [5.41, 5.74) is 0.563. The van der Waals surface area contributed by atoms with Crippen molar-refractivity contribution in [3.8, 4) is 0 Å². The standard InChI is InChI=1S/C12H24N2S/c1-12(4-6-13-7-5-12)10-14(2)11-3-8-15-9-11/h11,13H,3-10H2,1-2H3. The van der Waals surface area contributed by atoms with Gasteiger partial charge < -0.3 is 10.2 Å². The van der Waals surface area contributed by atoms with Gasteiger partial charge in [-0.2, -0.15) is 11.8 Å². The molecule has 3 heteroatoms. The number of nitrogens with zero attached hydrogens (tertiary/aromatic N) is 1. The van der Waals surface area contributed by atoms with Crippen LogP contribution in [0.15, 0.2) is 0 Å². The summed E-state index contributed by atoms with van der Waals surface area (Å²) in [4.78, 5) is 2.62. The van der Waals surface area contributed by atoms with Gasteiger partial charge in [0.2, 0.25) is 0 Å². The van der Waals surface area contributed by atoms with Crippen molar-refractivity contribution in [2.24, 2.45) is 5.41 Å². The maximum absolute atomic E-state index is 3.46. The van der Waals surface area contributed by atoms with Gasteiger partial charge in [-0.3, -0.25) is 0 Å². The second-order valence-corrected chi connectivity index (χ2v) is 6.64. The molecule has 2 rings (SSSR count). The fourth-order valence-electron chi connectivity index (χ4n) is 2.79. The van der Waals surface area contributed by atoms with E-state index >= 15 is 0 Å². The summed E-state index contributed by atoms with van der Waals surface area (Å²) in [6.45, 7) is 6.18. The summed E-state index contributed by atoms with van der Waals surface area (Å²) in [5.74, 6) is 2.72. The van der Waals surface area contributed by atoms with Gasteiger partial charge in [-0.15, -0.1) is 0 Å². The monoisotopic (exact) mass is 228 g/mol. The Labute approximate surface area is 98.2 Å². The van der Waals surface area contributed by atoms with Crippen molar-refractivity contribution >= 4 is 11.8 Å². The molecule has 0 aliphatic carbocycles. The first-order chi connectivity index (χ1) is 7.20. The zero-order valence-electron chi connectivity index (χ0n) is 10.1. The molecule has 2 heterocycles. The van der Waals surface area contributed by atoms with E-state index in [0.717, 1.165) is 6.04 Å². The first kappa shape index (κ1) is 11.7. The average Bonchev–Trinajstić information content (AvgIpc) is 2.70. The topological polar surface area (TPSA) is 15.3 Å². The van der Waals surface area contributed by atoms with Crippen molar-refractivity contribution < 1.29 is 0 Å². The molecule has 0 aromatic heterocycles. The minimum atomic E-state index is 0.563. The highest BCUT2D eigenvalue weighted by Gasteiger charge is 2.30. The van der Waals surface area contributed by atoms with E-state index in [2.05, 4.69) is 35.9 Å². The molecule has 2 saturated heterocycles. The van der Waals surface area contributed by atoms with Crippen molar-refractivity contribution in [3.05, 3.63) is 0 Å². The van der Waals surface area contributed by atoms with Gasteiger partial charge in [0.15, 0.2) is 0 Å². The lowest BCUT2D eigenvalue weighted by Crippen LogP contribution is -2.45. The van der Waals surface area contributed by atoms with Gasteiger partial charge in [-0.25, -0.2) is 0 Å². The fraction of sp³-hybridized carbons (Fsp3) is 1.00. The largest absolute Gasteiger partial charge is 0.317 e. The molecule has 0 spiro atoms. The molecule has 0 radical (unpaired) electrons. The Morgan fingerprint density at radius 3 is 2.73 bits per heavy atom. The SMILES string of the molecule is CN(CC1(C)CCNCC1)C1CCSC1. The van der Waals surface area contributed by atoms with Gasteiger partial charge in [0.1, 0.15) is 0 Å². The molecule has 0 aromatic carbocycles. The lowest BCUT2D eigenvalue weighted by atomic mass is 9.80. The van der Waals surface area contributed by atoms with Gasteiger partial charge in [-0.05, 0) is 50.6 Å². The predicted octanol–water partition coefficient (Wildman–Crippen LogP) is 1.81. The Morgan fingerprint density at radius 2 is 2.13 bits per heavy atom. The molecule has 1 unspecified atom stereocenters. The third kappa shape index (κ3) is 3.11. The molecule has 0 amide bonds. The number of rotatable bonds is 3. The van der Waals surface area contributed by atoms with Crippen molar-refractivity contribution in [1.29, 1.82) is 0 Å². The molecule has 1 N–H and O–H groups in total. The molecule has 15 heavy (non-hydrogen) atoms. The molecule has 2 aliphatic rings. The first-order valence-corrected chi connectivity index (χ1v) is 7.34. The number of thioether (sulfide) groups is 1. The van der Waals surface area contributed by atoms with Crippen LogP contribution in [0, 0.1) is 5.41 Å². The molecule has 0 aromatic rings. The number of piperidine rings is 1. The second kappa shape index (κ2) is 5.07. The molecule has 88 valence electrons. The average molecular weight is 228 g/mol. The summed E-state index contributed by atoms with van der Waals surface area (Å²) in [7, 11) is 2.32. The quantitative estimate of drug-likeness (QED) is 0.793. The molecule has 0 saturated carbocycles. The summed E-state index contributed by atoms with van der Waals surface area (Å²) >= 11 is 2.12. The third-order valence-electron chi connectivity index (χ3n) is 3.97. The molecule has 2 nitrogen and oxygen atoms in total. The van der Waals surface area contributed by atoms with E-state index in [0.29, 0.717) is 5.41 Å². The lowest BCUT2D eigenvalue weighted by molar-refractivity contribution is 0.124. The van der Waals surface area contributed by atoms with Crippen LogP contribution in [-0.2, 0) is 0 Å². The Kier molecular flexibility index (Phi) is 3.97. The maximum atomic E-state index is 3.46. The molecule has 0 bridgehead atoms. The van der Waals surface area contributed by atoms with Crippen LogP contribution < -0.4 is 5.32 Å².